The number of aryl methyl sites for hydroxylation is 1. The molecule has 5 heterocycles. The quantitative estimate of drug-likeness (QED) is 0.399. The van der Waals surface area contributed by atoms with Gasteiger partial charge in [-0.25, -0.2) is 14.5 Å². The number of hydrogen-bond donors (Lipinski definition) is 1. The number of anilines is 1. The van der Waals surface area contributed by atoms with E-state index in [0.717, 1.165) is 23.4 Å². The minimum atomic E-state index is -0.118. The van der Waals surface area contributed by atoms with Gasteiger partial charge in [-0.1, -0.05) is 13.8 Å². The summed E-state index contributed by atoms with van der Waals surface area (Å²) in [7, 11) is 1.85. The summed E-state index contributed by atoms with van der Waals surface area (Å²) in [4.78, 5) is 26.7. The molecule has 196 valence electrons. The zero-order valence-corrected chi connectivity index (χ0v) is 21.9. The van der Waals surface area contributed by atoms with Crippen LogP contribution in [0.4, 0.5) is 5.82 Å². The third kappa shape index (κ3) is 4.95. The van der Waals surface area contributed by atoms with Gasteiger partial charge in [0, 0.05) is 63.3 Å². The number of rotatable bonds is 7. The van der Waals surface area contributed by atoms with Gasteiger partial charge in [-0.3, -0.25) is 9.48 Å². The molecule has 0 spiro atoms. The highest BCUT2D eigenvalue weighted by molar-refractivity contribution is 5.83. The fourth-order valence-corrected chi connectivity index (χ4v) is 4.98. The van der Waals surface area contributed by atoms with Gasteiger partial charge in [-0.05, 0) is 24.5 Å². The van der Waals surface area contributed by atoms with E-state index >= 15 is 0 Å². The summed E-state index contributed by atoms with van der Waals surface area (Å²) < 4.78 is 3.40. The van der Waals surface area contributed by atoms with E-state index < -0.39 is 0 Å². The number of aromatic nitrogens is 6. The summed E-state index contributed by atoms with van der Waals surface area (Å²) in [5, 5.41) is 18.3. The number of hydrogen-bond acceptors (Lipinski definition) is 8. The molecule has 1 atom stereocenters. The molecule has 0 radical (unpaired) electrons. The van der Waals surface area contributed by atoms with Crippen LogP contribution in [0.5, 0.6) is 0 Å². The van der Waals surface area contributed by atoms with Crippen molar-refractivity contribution in [3.63, 3.8) is 0 Å². The van der Waals surface area contributed by atoms with Crippen molar-refractivity contribution in [2.24, 2.45) is 24.6 Å². The van der Waals surface area contributed by atoms with E-state index in [4.69, 9.17) is 15.7 Å². The van der Waals surface area contributed by atoms with Gasteiger partial charge in [0.25, 0.3) is 0 Å². The Kier molecular flexibility index (Phi) is 7.07. The topological polar surface area (TPSA) is 134 Å². The monoisotopic (exact) mass is 512 g/mol. The molecular weight excluding hydrogens is 480 g/mol. The molecule has 4 aromatic heterocycles. The van der Waals surface area contributed by atoms with Crippen LogP contribution < -0.4 is 10.6 Å². The molecule has 1 saturated heterocycles. The number of pyridine rings is 1. The standard InChI is InChI=1S/C27H32N10O/c1-18(2)10-20(11-28)27(38)36-8-6-35(7-9-36)24-5-4-19(13-30-24)25-26-21(12-29)14-32-37(26)17-23(33-25)22-15-31-34(3)16-22/h4-5,13-18,20H,6-11,28H2,1-3H3. The van der Waals surface area contributed by atoms with E-state index in [2.05, 4.69) is 35.0 Å². The minimum absolute atomic E-state index is 0.118. The maximum Gasteiger partial charge on any atom is 0.227 e. The fraction of sp³-hybridized carbons (Fsp3) is 0.407. The summed E-state index contributed by atoms with van der Waals surface area (Å²) in [6.07, 6.45) is 9.58. The van der Waals surface area contributed by atoms with Gasteiger partial charge < -0.3 is 15.5 Å². The molecule has 0 aromatic carbocycles. The molecule has 0 saturated carbocycles. The number of piperazine rings is 1. The molecule has 1 fully saturated rings. The molecule has 4 aromatic rings. The van der Waals surface area contributed by atoms with E-state index in [1.54, 1.807) is 34.0 Å². The molecule has 5 rings (SSSR count). The second-order valence-electron chi connectivity index (χ2n) is 10.1. The predicted molar refractivity (Wildman–Crippen MR) is 144 cm³/mol. The predicted octanol–water partition coefficient (Wildman–Crippen LogP) is 2.33. The molecule has 0 aliphatic carbocycles. The third-order valence-electron chi connectivity index (χ3n) is 6.94. The smallest absolute Gasteiger partial charge is 0.227 e. The van der Waals surface area contributed by atoms with Crippen molar-refractivity contribution in [1.82, 2.24) is 34.3 Å². The zero-order valence-electron chi connectivity index (χ0n) is 21.9. The maximum atomic E-state index is 12.9. The van der Waals surface area contributed by atoms with Crippen molar-refractivity contribution >= 4 is 17.2 Å². The summed E-state index contributed by atoms with van der Waals surface area (Å²) >= 11 is 0. The van der Waals surface area contributed by atoms with Gasteiger partial charge in [-0.15, -0.1) is 0 Å². The maximum absolute atomic E-state index is 12.9. The van der Waals surface area contributed by atoms with Gasteiger partial charge in [-0.2, -0.15) is 15.5 Å². The van der Waals surface area contributed by atoms with Gasteiger partial charge in [0.05, 0.1) is 35.9 Å². The lowest BCUT2D eigenvalue weighted by Crippen LogP contribution is -2.51. The van der Waals surface area contributed by atoms with Crippen LogP contribution in [0.25, 0.3) is 28.0 Å². The average molecular weight is 513 g/mol. The highest BCUT2D eigenvalue weighted by Crippen LogP contribution is 2.29. The van der Waals surface area contributed by atoms with Crippen LogP contribution in [0.1, 0.15) is 25.8 Å². The molecular formula is C27H32N10O. The van der Waals surface area contributed by atoms with Crippen molar-refractivity contribution in [2.45, 2.75) is 20.3 Å². The summed E-state index contributed by atoms with van der Waals surface area (Å²) in [6.45, 7) is 7.32. The van der Waals surface area contributed by atoms with Crippen molar-refractivity contribution in [1.29, 1.82) is 5.26 Å². The first-order valence-corrected chi connectivity index (χ1v) is 12.9. The number of amides is 1. The van der Waals surface area contributed by atoms with Crippen molar-refractivity contribution < 1.29 is 4.79 Å². The van der Waals surface area contributed by atoms with E-state index in [1.165, 1.54) is 0 Å². The molecule has 11 nitrogen and oxygen atoms in total. The molecule has 0 bridgehead atoms. The lowest BCUT2D eigenvalue weighted by Gasteiger charge is -2.37. The van der Waals surface area contributed by atoms with Crippen molar-refractivity contribution in [3.8, 4) is 28.6 Å². The van der Waals surface area contributed by atoms with E-state index in [1.807, 2.05) is 30.3 Å². The van der Waals surface area contributed by atoms with Crippen LogP contribution in [0.3, 0.4) is 0 Å². The Labute approximate surface area is 221 Å². The van der Waals surface area contributed by atoms with E-state index in [-0.39, 0.29) is 11.8 Å². The molecule has 1 aliphatic rings. The molecule has 11 heteroatoms. The van der Waals surface area contributed by atoms with Crippen LogP contribution in [0.15, 0.2) is 43.1 Å². The number of fused-ring (bicyclic) bond motifs is 1. The number of carbonyl (C=O) groups excluding carboxylic acids is 1. The van der Waals surface area contributed by atoms with Gasteiger partial charge >= 0.3 is 0 Å². The largest absolute Gasteiger partial charge is 0.353 e. The zero-order chi connectivity index (χ0) is 26.8. The second kappa shape index (κ2) is 10.6. The Hall–Kier alpha value is -4.30. The van der Waals surface area contributed by atoms with E-state index in [9.17, 15) is 10.1 Å². The van der Waals surface area contributed by atoms with Crippen LogP contribution in [0, 0.1) is 23.2 Å². The first-order chi connectivity index (χ1) is 18.4. The van der Waals surface area contributed by atoms with Crippen LogP contribution >= 0.6 is 0 Å². The summed E-state index contributed by atoms with van der Waals surface area (Å²) in [5.74, 6) is 1.31. The fourth-order valence-electron chi connectivity index (χ4n) is 4.98. The molecule has 2 N–H and O–H groups in total. The van der Waals surface area contributed by atoms with Gasteiger partial charge in [0.1, 0.15) is 23.0 Å². The van der Waals surface area contributed by atoms with Gasteiger partial charge in [0.2, 0.25) is 5.91 Å². The molecule has 1 aliphatic heterocycles. The molecule has 1 unspecified atom stereocenters. The molecule has 38 heavy (non-hydrogen) atoms. The number of nitrogens with zero attached hydrogens (tertiary/aromatic N) is 9. The Morgan fingerprint density at radius 1 is 1.08 bits per heavy atom. The minimum Gasteiger partial charge on any atom is -0.353 e. The highest BCUT2D eigenvalue weighted by Gasteiger charge is 2.27. The van der Waals surface area contributed by atoms with Crippen molar-refractivity contribution in [3.05, 3.63) is 48.7 Å². The lowest BCUT2D eigenvalue weighted by molar-refractivity contribution is -0.136. The summed E-state index contributed by atoms with van der Waals surface area (Å²) in [6, 6.07) is 6.15. The Balaban J connectivity index is 1.36. The third-order valence-corrected chi connectivity index (χ3v) is 6.94. The normalized spacial score (nSPS) is 14.7. The first-order valence-electron chi connectivity index (χ1n) is 12.9. The highest BCUT2D eigenvalue weighted by atomic mass is 16.2. The number of nitriles is 1. The van der Waals surface area contributed by atoms with Gasteiger partial charge in [0.15, 0.2) is 0 Å². The SMILES string of the molecule is CC(C)CC(CN)C(=O)N1CCN(c2ccc(-c3nc(-c4cnn(C)c4)cn4ncc(C#N)c34)cn2)CC1. The van der Waals surface area contributed by atoms with E-state index in [0.29, 0.717) is 61.1 Å². The van der Waals surface area contributed by atoms with Crippen LogP contribution in [0.2, 0.25) is 0 Å². The van der Waals surface area contributed by atoms with Crippen molar-refractivity contribution in [2.75, 3.05) is 37.6 Å². The molecule has 1 amide bonds. The second-order valence-corrected chi connectivity index (χ2v) is 10.1. The van der Waals surface area contributed by atoms with Crippen LogP contribution in [-0.4, -0.2) is 72.9 Å². The lowest BCUT2D eigenvalue weighted by atomic mass is 9.95. The van der Waals surface area contributed by atoms with Crippen LogP contribution in [-0.2, 0) is 11.8 Å². The first kappa shape index (κ1) is 25.4. The summed E-state index contributed by atoms with van der Waals surface area (Å²) in [5.41, 5.74) is 9.96. The Morgan fingerprint density at radius 2 is 1.87 bits per heavy atom. The average Bonchev–Trinajstić information content (AvgIpc) is 3.57. The number of nitrogens with two attached hydrogens (primary N) is 1. The Bertz CT molecular complexity index is 1470. The Morgan fingerprint density at radius 3 is 2.47 bits per heavy atom. The number of carbonyl (C=O) groups is 1.